The van der Waals surface area contributed by atoms with E-state index in [0.29, 0.717) is 0 Å². The lowest BCUT2D eigenvalue weighted by molar-refractivity contribution is -0.120. The summed E-state index contributed by atoms with van der Waals surface area (Å²) in [6, 6.07) is 16.8. The van der Waals surface area contributed by atoms with Crippen LogP contribution in [0.1, 0.15) is 49.4 Å². The summed E-state index contributed by atoms with van der Waals surface area (Å²) in [6.45, 7) is 4.04. The van der Waals surface area contributed by atoms with E-state index in [1.54, 1.807) is 11.8 Å². The van der Waals surface area contributed by atoms with E-state index in [0.717, 1.165) is 4.90 Å². The minimum absolute atomic E-state index is 0.0450. The number of fused-ring (bicyclic) bond motifs is 1. The summed E-state index contributed by atoms with van der Waals surface area (Å²) in [4.78, 5) is 13.6. The van der Waals surface area contributed by atoms with Crippen molar-refractivity contribution in [2.24, 2.45) is 0 Å². The number of carbonyl (C=O) groups is 1. The van der Waals surface area contributed by atoms with Gasteiger partial charge in [0.1, 0.15) is 0 Å². The zero-order chi connectivity index (χ0) is 16.9. The van der Waals surface area contributed by atoms with Crippen molar-refractivity contribution in [2.75, 3.05) is 0 Å². The van der Waals surface area contributed by atoms with Gasteiger partial charge >= 0.3 is 0 Å². The third-order valence-electron chi connectivity index (χ3n) is 4.66. The van der Waals surface area contributed by atoms with Gasteiger partial charge < -0.3 is 5.32 Å². The zero-order valence-corrected chi connectivity index (χ0v) is 15.2. The van der Waals surface area contributed by atoms with E-state index in [1.807, 2.05) is 37.3 Å². The van der Waals surface area contributed by atoms with Crippen molar-refractivity contribution in [1.82, 2.24) is 5.32 Å². The first-order valence-electron chi connectivity index (χ1n) is 8.77. The molecule has 0 saturated heterocycles. The molecule has 126 valence electrons. The molecule has 0 radical (unpaired) electrons. The Morgan fingerprint density at radius 2 is 1.71 bits per heavy atom. The Morgan fingerprint density at radius 3 is 2.46 bits per heavy atom. The van der Waals surface area contributed by atoms with Gasteiger partial charge in [0.15, 0.2) is 0 Å². The largest absolute Gasteiger partial charge is 0.349 e. The van der Waals surface area contributed by atoms with Crippen LogP contribution in [0.4, 0.5) is 0 Å². The van der Waals surface area contributed by atoms with E-state index < -0.39 is 0 Å². The topological polar surface area (TPSA) is 29.1 Å². The minimum Gasteiger partial charge on any atom is -0.349 e. The second-order valence-corrected chi connectivity index (χ2v) is 7.95. The predicted octanol–water partition coefficient (Wildman–Crippen LogP) is 4.92. The maximum atomic E-state index is 12.5. The van der Waals surface area contributed by atoms with Gasteiger partial charge in [0.05, 0.1) is 11.3 Å². The molecule has 0 unspecified atom stereocenters. The summed E-state index contributed by atoms with van der Waals surface area (Å²) in [5, 5.41) is 3.06. The Bertz CT molecular complexity index is 698. The Kier molecular flexibility index (Phi) is 5.62. The maximum Gasteiger partial charge on any atom is 0.233 e. The van der Waals surface area contributed by atoms with Crippen LogP contribution >= 0.6 is 11.8 Å². The fourth-order valence-corrected chi connectivity index (χ4v) is 4.09. The van der Waals surface area contributed by atoms with E-state index in [1.165, 1.54) is 42.4 Å². The molecule has 0 aromatic heterocycles. The molecule has 1 amide bonds. The van der Waals surface area contributed by atoms with Gasteiger partial charge in [0, 0.05) is 4.90 Å². The van der Waals surface area contributed by atoms with Gasteiger partial charge in [-0.25, -0.2) is 0 Å². The first kappa shape index (κ1) is 17.1. The van der Waals surface area contributed by atoms with Gasteiger partial charge in [-0.2, -0.15) is 0 Å². The lowest BCUT2D eigenvalue weighted by Crippen LogP contribution is -2.33. The summed E-state index contributed by atoms with van der Waals surface area (Å²) in [6.07, 6.45) is 4.94. The Labute approximate surface area is 149 Å². The SMILES string of the molecule is C[C@@H](Sc1ccccc1)C(=O)N[C@H](C)c1ccc2c(c1)CCCC2. The van der Waals surface area contributed by atoms with Gasteiger partial charge in [-0.3, -0.25) is 4.79 Å². The molecular formula is C21H25NOS. The van der Waals surface area contributed by atoms with Crippen molar-refractivity contribution >= 4 is 17.7 Å². The lowest BCUT2D eigenvalue weighted by atomic mass is 9.89. The number of rotatable bonds is 5. The van der Waals surface area contributed by atoms with E-state index in [4.69, 9.17) is 0 Å². The second-order valence-electron chi connectivity index (χ2n) is 6.54. The van der Waals surface area contributed by atoms with Gasteiger partial charge in [-0.1, -0.05) is 36.4 Å². The molecule has 0 bridgehead atoms. The molecule has 3 rings (SSSR count). The van der Waals surface area contributed by atoms with E-state index >= 15 is 0 Å². The molecule has 1 N–H and O–H groups in total. The average molecular weight is 340 g/mol. The molecule has 2 nitrogen and oxygen atoms in total. The molecule has 24 heavy (non-hydrogen) atoms. The monoisotopic (exact) mass is 339 g/mol. The van der Waals surface area contributed by atoms with Crippen molar-refractivity contribution < 1.29 is 4.79 Å². The number of carbonyl (C=O) groups excluding carboxylic acids is 1. The van der Waals surface area contributed by atoms with Gasteiger partial charge in [0.25, 0.3) is 0 Å². The molecule has 3 heteroatoms. The average Bonchev–Trinajstić information content (AvgIpc) is 2.62. The normalized spacial score (nSPS) is 16.1. The summed E-state index contributed by atoms with van der Waals surface area (Å²) in [5.41, 5.74) is 4.16. The number of amides is 1. The van der Waals surface area contributed by atoms with Crippen LogP contribution in [0.15, 0.2) is 53.4 Å². The number of benzene rings is 2. The smallest absolute Gasteiger partial charge is 0.233 e. The van der Waals surface area contributed by atoms with Crippen LogP contribution in [-0.4, -0.2) is 11.2 Å². The van der Waals surface area contributed by atoms with Crippen molar-refractivity contribution in [3.63, 3.8) is 0 Å². The highest BCUT2D eigenvalue weighted by molar-refractivity contribution is 8.00. The van der Waals surface area contributed by atoms with Crippen molar-refractivity contribution in [3.05, 3.63) is 65.2 Å². The molecule has 0 saturated carbocycles. The molecule has 2 aromatic carbocycles. The van der Waals surface area contributed by atoms with E-state index in [2.05, 4.69) is 30.4 Å². The summed E-state index contributed by atoms with van der Waals surface area (Å²) >= 11 is 1.60. The van der Waals surface area contributed by atoms with Crippen LogP contribution in [0, 0.1) is 0 Å². The van der Waals surface area contributed by atoms with Crippen molar-refractivity contribution in [2.45, 2.75) is 55.7 Å². The molecule has 2 atom stereocenters. The highest BCUT2D eigenvalue weighted by atomic mass is 32.2. The molecule has 0 spiro atoms. The van der Waals surface area contributed by atoms with Crippen LogP contribution in [0.5, 0.6) is 0 Å². The number of nitrogens with one attached hydrogen (secondary N) is 1. The quantitative estimate of drug-likeness (QED) is 0.783. The number of hydrogen-bond donors (Lipinski definition) is 1. The van der Waals surface area contributed by atoms with Crippen molar-refractivity contribution in [3.8, 4) is 0 Å². The highest BCUT2D eigenvalue weighted by Crippen LogP contribution is 2.26. The first-order valence-corrected chi connectivity index (χ1v) is 9.65. The molecular weight excluding hydrogens is 314 g/mol. The second kappa shape index (κ2) is 7.89. The summed E-state index contributed by atoms with van der Waals surface area (Å²) in [5.74, 6) is 0.0917. The van der Waals surface area contributed by atoms with Crippen LogP contribution in [-0.2, 0) is 17.6 Å². The van der Waals surface area contributed by atoms with Gasteiger partial charge in [-0.15, -0.1) is 11.8 Å². The van der Waals surface area contributed by atoms with Crippen LogP contribution < -0.4 is 5.32 Å². The molecule has 0 aliphatic heterocycles. The standard InChI is InChI=1S/C21H25NOS/c1-15(18-13-12-17-8-6-7-9-19(17)14-18)22-21(23)16(2)24-20-10-4-3-5-11-20/h3-5,10-16H,6-9H2,1-2H3,(H,22,23)/t15-,16-/m1/s1. The van der Waals surface area contributed by atoms with E-state index in [-0.39, 0.29) is 17.2 Å². The fourth-order valence-electron chi connectivity index (χ4n) is 3.19. The third kappa shape index (κ3) is 4.21. The Morgan fingerprint density at radius 1 is 1.00 bits per heavy atom. The zero-order valence-electron chi connectivity index (χ0n) is 14.4. The number of aryl methyl sites for hydroxylation is 2. The highest BCUT2D eigenvalue weighted by Gasteiger charge is 2.18. The molecule has 1 aliphatic rings. The van der Waals surface area contributed by atoms with Crippen LogP contribution in [0.25, 0.3) is 0 Å². The van der Waals surface area contributed by atoms with Crippen molar-refractivity contribution in [1.29, 1.82) is 0 Å². The number of thioether (sulfide) groups is 1. The molecule has 1 aliphatic carbocycles. The van der Waals surface area contributed by atoms with E-state index in [9.17, 15) is 4.79 Å². The molecule has 0 heterocycles. The first-order chi connectivity index (χ1) is 11.6. The third-order valence-corrected chi connectivity index (χ3v) is 5.77. The minimum atomic E-state index is -0.104. The molecule has 0 fully saturated rings. The summed E-state index contributed by atoms with van der Waals surface area (Å²) < 4.78 is 0. The maximum absolute atomic E-state index is 12.5. The summed E-state index contributed by atoms with van der Waals surface area (Å²) in [7, 11) is 0. The number of hydrogen-bond acceptors (Lipinski definition) is 2. The molecule has 2 aromatic rings. The fraction of sp³-hybridized carbons (Fsp3) is 0.381. The Balaban J connectivity index is 1.61. The lowest BCUT2D eigenvalue weighted by Gasteiger charge is -2.21. The van der Waals surface area contributed by atoms with Crippen LogP contribution in [0.3, 0.4) is 0 Å². The Hall–Kier alpha value is -1.74. The van der Waals surface area contributed by atoms with Gasteiger partial charge in [-0.05, 0) is 68.4 Å². The predicted molar refractivity (Wildman–Crippen MR) is 101 cm³/mol. The van der Waals surface area contributed by atoms with Crippen LogP contribution in [0.2, 0.25) is 0 Å². The van der Waals surface area contributed by atoms with Gasteiger partial charge in [0.2, 0.25) is 5.91 Å².